The molecule has 1 aromatic heterocycles. The largest absolute Gasteiger partial charge is 0.493 e. The van der Waals surface area contributed by atoms with Crippen LogP contribution in [0.2, 0.25) is 5.02 Å². The predicted octanol–water partition coefficient (Wildman–Crippen LogP) is 4.83. The van der Waals surface area contributed by atoms with Gasteiger partial charge in [0.1, 0.15) is 17.6 Å². The van der Waals surface area contributed by atoms with Crippen LogP contribution in [-0.4, -0.2) is 26.7 Å². The minimum absolute atomic E-state index is 0.181. The van der Waals surface area contributed by atoms with E-state index in [1.165, 1.54) is 13.4 Å². The van der Waals surface area contributed by atoms with Gasteiger partial charge in [-0.3, -0.25) is 9.59 Å². The summed E-state index contributed by atoms with van der Waals surface area (Å²) in [6.45, 7) is 0.161. The monoisotopic (exact) mass is 479 g/mol. The molecule has 1 N–H and O–H groups in total. The van der Waals surface area contributed by atoms with Crippen LogP contribution in [0.5, 0.6) is 17.2 Å². The molecule has 4 aromatic rings. The lowest BCUT2D eigenvalue weighted by atomic mass is 10.0. The van der Waals surface area contributed by atoms with Crippen molar-refractivity contribution in [1.82, 2.24) is 5.32 Å². The van der Waals surface area contributed by atoms with Crippen LogP contribution in [0.3, 0.4) is 0 Å². The lowest BCUT2D eigenvalue weighted by Gasteiger charge is -2.10. The number of hydrogen-bond acceptors (Lipinski definition) is 6. The van der Waals surface area contributed by atoms with E-state index in [-0.39, 0.29) is 17.9 Å². The second-order valence-corrected chi connectivity index (χ2v) is 7.84. The number of halogens is 1. The molecule has 174 valence electrons. The first-order valence-corrected chi connectivity index (χ1v) is 10.8. The molecule has 0 radical (unpaired) electrons. The molecule has 8 heteroatoms. The highest BCUT2D eigenvalue weighted by atomic mass is 35.5. The van der Waals surface area contributed by atoms with Gasteiger partial charge in [-0.15, -0.1) is 0 Å². The summed E-state index contributed by atoms with van der Waals surface area (Å²) >= 11 is 5.95. The van der Waals surface area contributed by atoms with Gasteiger partial charge in [0.25, 0.3) is 5.91 Å². The van der Waals surface area contributed by atoms with Crippen LogP contribution < -0.4 is 25.0 Å². The van der Waals surface area contributed by atoms with E-state index in [4.69, 9.17) is 30.2 Å². The van der Waals surface area contributed by atoms with Crippen molar-refractivity contribution < 1.29 is 23.4 Å². The quantitative estimate of drug-likeness (QED) is 0.389. The first-order valence-electron chi connectivity index (χ1n) is 10.4. The number of fused-ring (bicyclic) bond motifs is 1. The Hall–Kier alpha value is -3.97. The van der Waals surface area contributed by atoms with Gasteiger partial charge in [-0.25, -0.2) is 0 Å². The molecule has 1 heterocycles. The van der Waals surface area contributed by atoms with Crippen LogP contribution in [0.4, 0.5) is 0 Å². The van der Waals surface area contributed by atoms with Gasteiger partial charge >= 0.3 is 0 Å². The van der Waals surface area contributed by atoms with Gasteiger partial charge in [-0.2, -0.15) is 0 Å². The maximum Gasteiger partial charge on any atom is 0.258 e. The van der Waals surface area contributed by atoms with Crippen molar-refractivity contribution in [2.75, 3.05) is 20.8 Å². The Labute approximate surface area is 200 Å². The van der Waals surface area contributed by atoms with Gasteiger partial charge in [0.15, 0.2) is 23.5 Å². The van der Waals surface area contributed by atoms with Gasteiger partial charge in [0, 0.05) is 17.6 Å². The highest BCUT2D eigenvalue weighted by Crippen LogP contribution is 2.32. The molecule has 0 saturated carbocycles. The third kappa shape index (κ3) is 5.15. The van der Waals surface area contributed by atoms with E-state index < -0.39 is 0 Å². The molecule has 7 nitrogen and oxygen atoms in total. The van der Waals surface area contributed by atoms with E-state index in [1.807, 2.05) is 12.1 Å². The summed E-state index contributed by atoms with van der Waals surface area (Å²) in [6.07, 6.45) is 1.40. The van der Waals surface area contributed by atoms with Gasteiger partial charge in [-0.05, 0) is 47.5 Å². The maximum absolute atomic E-state index is 13.1. The van der Waals surface area contributed by atoms with Crippen LogP contribution in [-0.2, 0) is 11.3 Å². The van der Waals surface area contributed by atoms with Crippen LogP contribution >= 0.6 is 11.6 Å². The summed E-state index contributed by atoms with van der Waals surface area (Å²) in [5.41, 5.74) is 2.08. The molecule has 0 unspecified atom stereocenters. The minimum atomic E-state index is -0.287. The molecular formula is C26H22ClNO6. The van der Waals surface area contributed by atoms with Crippen molar-refractivity contribution in [3.63, 3.8) is 0 Å². The average Bonchev–Trinajstić information content (AvgIpc) is 2.86. The summed E-state index contributed by atoms with van der Waals surface area (Å²) in [6, 6.07) is 17.3. The molecule has 0 bridgehead atoms. The molecule has 0 aliphatic rings. The molecule has 0 aliphatic heterocycles. The normalized spacial score (nSPS) is 10.7. The number of amides is 1. The third-order valence-electron chi connectivity index (χ3n) is 5.19. The molecule has 0 saturated heterocycles. The third-order valence-corrected chi connectivity index (χ3v) is 5.42. The molecule has 1 amide bonds. The van der Waals surface area contributed by atoms with Crippen LogP contribution in [0.1, 0.15) is 5.56 Å². The topological polar surface area (TPSA) is 87.0 Å². The van der Waals surface area contributed by atoms with Gasteiger partial charge in [-0.1, -0.05) is 29.8 Å². The fourth-order valence-electron chi connectivity index (χ4n) is 3.45. The van der Waals surface area contributed by atoms with Gasteiger partial charge in [0.05, 0.1) is 25.2 Å². The fourth-order valence-corrected chi connectivity index (χ4v) is 3.66. The number of hydrogen-bond donors (Lipinski definition) is 1. The number of nitrogens with one attached hydrogen (secondary N) is 1. The van der Waals surface area contributed by atoms with Crippen molar-refractivity contribution in [2.24, 2.45) is 0 Å². The highest BCUT2D eigenvalue weighted by Gasteiger charge is 2.13. The first-order chi connectivity index (χ1) is 16.5. The summed E-state index contributed by atoms with van der Waals surface area (Å²) in [5, 5.41) is 3.77. The number of benzene rings is 3. The minimum Gasteiger partial charge on any atom is -0.493 e. The lowest BCUT2D eigenvalue weighted by molar-refractivity contribution is -0.123. The highest BCUT2D eigenvalue weighted by molar-refractivity contribution is 6.30. The van der Waals surface area contributed by atoms with Crippen LogP contribution in [0.25, 0.3) is 22.1 Å². The summed E-state index contributed by atoms with van der Waals surface area (Å²) in [7, 11) is 3.08. The zero-order valence-corrected chi connectivity index (χ0v) is 19.3. The number of rotatable bonds is 8. The zero-order valence-electron chi connectivity index (χ0n) is 18.6. The van der Waals surface area contributed by atoms with E-state index in [1.54, 1.807) is 55.6 Å². The number of carbonyl (C=O) groups is 1. The van der Waals surface area contributed by atoms with E-state index in [0.717, 1.165) is 5.56 Å². The summed E-state index contributed by atoms with van der Waals surface area (Å²) in [5.74, 6) is 1.20. The van der Waals surface area contributed by atoms with E-state index in [9.17, 15) is 9.59 Å². The molecule has 3 aromatic carbocycles. The van der Waals surface area contributed by atoms with Crippen LogP contribution in [0.15, 0.2) is 76.1 Å². The van der Waals surface area contributed by atoms with Crippen molar-refractivity contribution in [2.45, 2.75) is 6.54 Å². The second-order valence-electron chi connectivity index (χ2n) is 7.40. The smallest absolute Gasteiger partial charge is 0.258 e. The Morgan fingerprint density at radius 2 is 1.82 bits per heavy atom. The Morgan fingerprint density at radius 1 is 1.00 bits per heavy atom. The number of carbonyl (C=O) groups excluding carboxylic acids is 1. The van der Waals surface area contributed by atoms with Crippen LogP contribution in [0, 0.1) is 0 Å². The van der Waals surface area contributed by atoms with Crippen molar-refractivity contribution >= 4 is 28.5 Å². The molecule has 0 spiro atoms. The van der Waals surface area contributed by atoms with E-state index in [0.29, 0.717) is 50.9 Å². The lowest BCUT2D eigenvalue weighted by Crippen LogP contribution is -2.28. The average molecular weight is 480 g/mol. The fraction of sp³-hybridized carbons (Fsp3) is 0.154. The summed E-state index contributed by atoms with van der Waals surface area (Å²) < 4.78 is 21.8. The second kappa shape index (κ2) is 10.3. The van der Waals surface area contributed by atoms with Gasteiger partial charge in [0.2, 0.25) is 0 Å². The van der Waals surface area contributed by atoms with Crippen molar-refractivity contribution in [3.05, 3.63) is 87.7 Å². The predicted molar refractivity (Wildman–Crippen MR) is 130 cm³/mol. The molecule has 0 atom stereocenters. The Morgan fingerprint density at radius 3 is 2.59 bits per heavy atom. The molecule has 0 fully saturated rings. The maximum atomic E-state index is 13.1. The summed E-state index contributed by atoms with van der Waals surface area (Å²) in [4.78, 5) is 25.2. The van der Waals surface area contributed by atoms with Gasteiger partial charge < -0.3 is 23.9 Å². The van der Waals surface area contributed by atoms with E-state index >= 15 is 0 Å². The van der Waals surface area contributed by atoms with Crippen molar-refractivity contribution in [3.8, 4) is 28.4 Å². The Balaban J connectivity index is 1.46. The van der Waals surface area contributed by atoms with E-state index in [2.05, 4.69) is 5.32 Å². The number of ether oxygens (including phenoxy) is 3. The first kappa shape index (κ1) is 23.2. The number of methoxy groups -OCH3 is 2. The molecule has 34 heavy (non-hydrogen) atoms. The SMILES string of the molecule is COc1ccc(-c2coc3cc(OCC(=O)NCc4cccc(Cl)c4)ccc3c2=O)cc1OC. The molecule has 0 aliphatic carbocycles. The standard InChI is InChI=1S/C26H22ClNO6/c1-31-22-9-6-17(11-24(22)32-2)21-14-34-23-12-19(7-8-20(23)26(21)30)33-15-25(29)28-13-16-4-3-5-18(27)10-16/h3-12,14H,13,15H2,1-2H3,(H,28,29). The van der Waals surface area contributed by atoms with Crippen molar-refractivity contribution in [1.29, 1.82) is 0 Å². The Bertz CT molecular complexity index is 1400. The Kier molecular flexibility index (Phi) is 7.04. The molecule has 4 rings (SSSR count). The molecular weight excluding hydrogens is 458 g/mol. The zero-order chi connectivity index (χ0) is 24.1.